The molecular formula is C15H30O3. The molecule has 0 bridgehead atoms. The Hall–Kier alpha value is -0.570. The monoisotopic (exact) mass is 258 g/mol. The van der Waals surface area contributed by atoms with Crippen LogP contribution in [0.3, 0.4) is 0 Å². The molecule has 2 unspecified atom stereocenters. The largest absolute Gasteiger partial charge is 0.467 e. The van der Waals surface area contributed by atoms with E-state index in [0.717, 1.165) is 12.8 Å². The average Bonchev–Trinajstić information content (AvgIpc) is 2.35. The lowest BCUT2D eigenvalue weighted by molar-refractivity contribution is -0.175. The van der Waals surface area contributed by atoms with Crippen molar-refractivity contribution in [2.75, 3.05) is 7.11 Å². The van der Waals surface area contributed by atoms with Gasteiger partial charge >= 0.3 is 5.97 Å². The Morgan fingerprint density at radius 3 is 2.17 bits per heavy atom. The third-order valence-electron chi connectivity index (χ3n) is 3.88. The van der Waals surface area contributed by atoms with Crippen LogP contribution in [0, 0.1) is 11.8 Å². The van der Waals surface area contributed by atoms with E-state index in [9.17, 15) is 9.90 Å². The zero-order valence-electron chi connectivity index (χ0n) is 12.7. The summed E-state index contributed by atoms with van der Waals surface area (Å²) in [7, 11) is 1.34. The number of methoxy groups -OCH3 is 1. The minimum absolute atomic E-state index is 0.0634. The van der Waals surface area contributed by atoms with E-state index in [1.165, 1.54) is 32.8 Å². The molecule has 0 spiro atoms. The second-order valence-corrected chi connectivity index (χ2v) is 5.58. The smallest absolute Gasteiger partial charge is 0.338 e. The van der Waals surface area contributed by atoms with Crippen LogP contribution in [0.2, 0.25) is 0 Å². The maximum atomic E-state index is 11.8. The molecule has 0 aliphatic rings. The van der Waals surface area contributed by atoms with E-state index in [2.05, 4.69) is 6.92 Å². The lowest BCUT2D eigenvalue weighted by Gasteiger charge is -2.35. The van der Waals surface area contributed by atoms with Crippen molar-refractivity contribution in [3.05, 3.63) is 0 Å². The normalized spacial score (nSPS) is 16.4. The van der Waals surface area contributed by atoms with E-state index in [0.29, 0.717) is 0 Å². The van der Waals surface area contributed by atoms with E-state index in [1.54, 1.807) is 0 Å². The maximum absolute atomic E-state index is 11.8. The molecule has 108 valence electrons. The highest BCUT2D eigenvalue weighted by Crippen LogP contribution is 2.31. The number of carbonyl (C=O) groups excluding carboxylic acids is 1. The molecule has 0 aliphatic carbocycles. The first-order valence-electron chi connectivity index (χ1n) is 7.21. The summed E-state index contributed by atoms with van der Waals surface area (Å²) in [6.07, 6.45) is 6.84. The zero-order valence-corrected chi connectivity index (χ0v) is 12.7. The van der Waals surface area contributed by atoms with Crippen molar-refractivity contribution < 1.29 is 14.6 Å². The summed E-state index contributed by atoms with van der Waals surface area (Å²) in [5.41, 5.74) is -1.35. The first-order chi connectivity index (χ1) is 8.41. The number of unbranched alkanes of at least 4 members (excludes halogenated alkanes) is 4. The number of ether oxygens (including phenoxy) is 1. The van der Waals surface area contributed by atoms with Crippen molar-refractivity contribution >= 4 is 5.97 Å². The predicted molar refractivity (Wildman–Crippen MR) is 74.3 cm³/mol. The molecule has 0 amide bonds. The molecule has 2 atom stereocenters. The highest BCUT2D eigenvalue weighted by molar-refractivity contribution is 5.79. The van der Waals surface area contributed by atoms with E-state index >= 15 is 0 Å². The third kappa shape index (κ3) is 4.60. The molecule has 0 aromatic rings. The fourth-order valence-electron chi connectivity index (χ4n) is 2.44. The zero-order chi connectivity index (χ0) is 14.2. The van der Waals surface area contributed by atoms with Gasteiger partial charge in [0.15, 0.2) is 5.60 Å². The Morgan fingerprint density at radius 2 is 1.72 bits per heavy atom. The van der Waals surface area contributed by atoms with Gasteiger partial charge in [-0.25, -0.2) is 4.79 Å². The number of carbonyl (C=O) groups is 1. The van der Waals surface area contributed by atoms with Crippen molar-refractivity contribution in [2.24, 2.45) is 11.8 Å². The van der Waals surface area contributed by atoms with Crippen molar-refractivity contribution in [2.45, 2.75) is 71.8 Å². The minimum atomic E-state index is -1.35. The molecule has 1 N–H and O–H groups in total. The van der Waals surface area contributed by atoms with Gasteiger partial charge in [-0.3, -0.25) is 0 Å². The Kier molecular flexibility index (Phi) is 8.25. The Balaban J connectivity index is 4.32. The van der Waals surface area contributed by atoms with Gasteiger partial charge in [0.05, 0.1) is 7.11 Å². The number of esters is 1. The topological polar surface area (TPSA) is 46.5 Å². The molecule has 0 rings (SSSR count). The first-order valence-corrected chi connectivity index (χ1v) is 7.21. The Morgan fingerprint density at radius 1 is 1.17 bits per heavy atom. The standard InChI is InChI=1S/C15H30O3/c1-6-7-8-9-10-11-13(4)15(17,12(2)3)14(16)18-5/h12-13,17H,6-11H2,1-5H3. The molecule has 0 heterocycles. The molecule has 3 nitrogen and oxygen atoms in total. The lowest BCUT2D eigenvalue weighted by atomic mass is 9.77. The van der Waals surface area contributed by atoms with Crippen molar-refractivity contribution in [3.63, 3.8) is 0 Å². The molecule has 0 saturated heterocycles. The van der Waals surface area contributed by atoms with Crippen LogP contribution in [0.4, 0.5) is 0 Å². The molecule has 0 fully saturated rings. The summed E-state index contributed by atoms with van der Waals surface area (Å²) in [6.45, 7) is 7.86. The summed E-state index contributed by atoms with van der Waals surface area (Å²) in [6, 6.07) is 0. The summed E-state index contributed by atoms with van der Waals surface area (Å²) in [5, 5.41) is 10.6. The highest BCUT2D eigenvalue weighted by Gasteiger charge is 2.45. The van der Waals surface area contributed by atoms with Gasteiger partial charge in [-0.1, -0.05) is 59.8 Å². The number of aliphatic hydroxyl groups is 1. The third-order valence-corrected chi connectivity index (χ3v) is 3.88. The van der Waals surface area contributed by atoms with Gasteiger partial charge in [-0.15, -0.1) is 0 Å². The highest BCUT2D eigenvalue weighted by atomic mass is 16.5. The SMILES string of the molecule is CCCCCCCC(C)C(O)(C(=O)OC)C(C)C. The second kappa shape index (κ2) is 8.52. The molecule has 3 heteroatoms. The van der Waals surface area contributed by atoms with Crippen LogP contribution in [0.25, 0.3) is 0 Å². The molecule has 0 aromatic heterocycles. The summed E-state index contributed by atoms with van der Waals surface area (Å²) in [4.78, 5) is 11.8. The van der Waals surface area contributed by atoms with Gasteiger partial charge in [-0.05, 0) is 18.3 Å². The van der Waals surface area contributed by atoms with Crippen molar-refractivity contribution in [1.29, 1.82) is 0 Å². The second-order valence-electron chi connectivity index (χ2n) is 5.58. The van der Waals surface area contributed by atoms with Gasteiger partial charge in [0.1, 0.15) is 0 Å². The Labute approximate surface area is 112 Å². The van der Waals surface area contributed by atoms with E-state index in [1.807, 2.05) is 20.8 Å². The molecular weight excluding hydrogens is 228 g/mol. The van der Waals surface area contributed by atoms with Gasteiger partial charge in [0.25, 0.3) is 0 Å². The lowest BCUT2D eigenvalue weighted by Crippen LogP contribution is -2.50. The summed E-state index contributed by atoms with van der Waals surface area (Å²) < 4.78 is 4.75. The average molecular weight is 258 g/mol. The Bertz CT molecular complexity index is 238. The van der Waals surface area contributed by atoms with Crippen LogP contribution < -0.4 is 0 Å². The summed E-state index contributed by atoms with van der Waals surface area (Å²) in [5.74, 6) is -0.694. The van der Waals surface area contributed by atoms with Gasteiger partial charge in [0, 0.05) is 0 Å². The van der Waals surface area contributed by atoms with Crippen molar-refractivity contribution in [3.8, 4) is 0 Å². The molecule has 0 aromatic carbocycles. The minimum Gasteiger partial charge on any atom is -0.467 e. The van der Waals surface area contributed by atoms with Gasteiger partial charge < -0.3 is 9.84 Å². The van der Waals surface area contributed by atoms with Crippen LogP contribution in [0.5, 0.6) is 0 Å². The molecule has 0 aliphatic heterocycles. The maximum Gasteiger partial charge on any atom is 0.338 e. The van der Waals surface area contributed by atoms with Crippen LogP contribution in [0.1, 0.15) is 66.2 Å². The van der Waals surface area contributed by atoms with Crippen LogP contribution in [-0.2, 0) is 9.53 Å². The van der Waals surface area contributed by atoms with E-state index in [4.69, 9.17) is 4.74 Å². The molecule has 0 saturated carbocycles. The van der Waals surface area contributed by atoms with Crippen LogP contribution in [0.15, 0.2) is 0 Å². The van der Waals surface area contributed by atoms with E-state index in [-0.39, 0.29) is 11.8 Å². The van der Waals surface area contributed by atoms with Gasteiger partial charge in [-0.2, -0.15) is 0 Å². The number of hydrogen-bond acceptors (Lipinski definition) is 3. The van der Waals surface area contributed by atoms with Crippen LogP contribution >= 0.6 is 0 Å². The fraction of sp³-hybridized carbons (Fsp3) is 0.933. The van der Waals surface area contributed by atoms with Gasteiger partial charge in [0.2, 0.25) is 0 Å². The molecule has 0 radical (unpaired) electrons. The number of hydrogen-bond donors (Lipinski definition) is 1. The predicted octanol–water partition coefficient (Wildman–Crippen LogP) is 3.54. The van der Waals surface area contributed by atoms with Crippen molar-refractivity contribution in [1.82, 2.24) is 0 Å². The fourth-order valence-corrected chi connectivity index (χ4v) is 2.44. The number of rotatable bonds is 9. The summed E-state index contributed by atoms with van der Waals surface area (Å²) >= 11 is 0. The quantitative estimate of drug-likeness (QED) is 0.508. The van der Waals surface area contributed by atoms with Crippen LogP contribution in [-0.4, -0.2) is 23.8 Å². The van der Waals surface area contributed by atoms with E-state index < -0.39 is 11.6 Å². The first kappa shape index (κ1) is 17.4. The molecule has 18 heavy (non-hydrogen) atoms.